The molecule has 0 aliphatic carbocycles. The predicted molar refractivity (Wildman–Crippen MR) is 79.0 cm³/mol. The first-order chi connectivity index (χ1) is 8.60. The summed E-state index contributed by atoms with van der Waals surface area (Å²) < 4.78 is 6.48. The van der Waals surface area contributed by atoms with Crippen LogP contribution in [-0.2, 0) is 6.54 Å². The first-order valence-corrected chi connectivity index (χ1v) is 7.46. The number of halogens is 1. The standard InChI is InChI=1S/C15H22BrNO/c1-11-6-7-17(12(2)8-11)10-13-9-14(18-3)4-5-15(13)16/h4-5,9,11-12H,6-8,10H2,1-3H3. The molecule has 3 heteroatoms. The smallest absolute Gasteiger partial charge is 0.119 e. The fourth-order valence-electron chi connectivity index (χ4n) is 2.71. The first kappa shape index (κ1) is 13.9. The third kappa shape index (κ3) is 3.27. The van der Waals surface area contributed by atoms with E-state index < -0.39 is 0 Å². The van der Waals surface area contributed by atoms with Gasteiger partial charge in [-0.2, -0.15) is 0 Å². The quantitative estimate of drug-likeness (QED) is 0.834. The molecule has 1 aromatic carbocycles. The van der Waals surface area contributed by atoms with Crippen molar-refractivity contribution in [2.45, 2.75) is 39.3 Å². The Morgan fingerprint density at radius 3 is 2.83 bits per heavy atom. The Kier molecular flexibility index (Phi) is 4.68. The average molecular weight is 312 g/mol. The maximum Gasteiger partial charge on any atom is 0.119 e. The number of benzene rings is 1. The van der Waals surface area contributed by atoms with E-state index >= 15 is 0 Å². The number of hydrogen-bond donors (Lipinski definition) is 0. The molecule has 2 atom stereocenters. The molecule has 0 amide bonds. The van der Waals surface area contributed by atoms with Gasteiger partial charge in [0, 0.05) is 17.1 Å². The molecule has 1 aliphatic heterocycles. The minimum Gasteiger partial charge on any atom is -0.497 e. The van der Waals surface area contributed by atoms with Crippen molar-refractivity contribution < 1.29 is 4.74 Å². The van der Waals surface area contributed by atoms with E-state index in [1.54, 1.807) is 7.11 Å². The van der Waals surface area contributed by atoms with Gasteiger partial charge in [0.15, 0.2) is 0 Å². The normalized spacial score (nSPS) is 25.1. The number of ether oxygens (including phenoxy) is 1. The Hall–Kier alpha value is -0.540. The van der Waals surface area contributed by atoms with E-state index in [2.05, 4.69) is 46.8 Å². The number of likely N-dealkylation sites (tertiary alicyclic amines) is 1. The van der Waals surface area contributed by atoms with Crippen LogP contribution in [0.3, 0.4) is 0 Å². The van der Waals surface area contributed by atoms with Crippen molar-refractivity contribution in [3.63, 3.8) is 0 Å². The molecule has 1 aliphatic rings. The fourth-order valence-corrected chi connectivity index (χ4v) is 3.08. The Bertz CT molecular complexity index is 407. The van der Waals surface area contributed by atoms with Crippen LogP contribution in [0.15, 0.2) is 22.7 Å². The summed E-state index contributed by atoms with van der Waals surface area (Å²) >= 11 is 3.64. The van der Waals surface area contributed by atoms with E-state index in [1.807, 2.05) is 6.07 Å². The van der Waals surface area contributed by atoms with Crippen LogP contribution in [0.25, 0.3) is 0 Å². The molecule has 100 valence electrons. The SMILES string of the molecule is COc1ccc(Br)c(CN2CCC(C)CC2C)c1. The summed E-state index contributed by atoms with van der Waals surface area (Å²) in [6.07, 6.45) is 2.62. The highest BCUT2D eigenvalue weighted by molar-refractivity contribution is 9.10. The van der Waals surface area contributed by atoms with Gasteiger partial charge in [0.1, 0.15) is 5.75 Å². The van der Waals surface area contributed by atoms with Gasteiger partial charge in [-0.1, -0.05) is 22.9 Å². The number of rotatable bonds is 3. The molecule has 0 bridgehead atoms. The van der Waals surface area contributed by atoms with Gasteiger partial charge < -0.3 is 4.74 Å². The van der Waals surface area contributed by atoms with Crippen LogP contribution in [0.4, 0.5) is 0 Å². The molecule has 0 spiro atoms. The van der Waals surface area contributed by atoms with Gasteiger partial charge in [0.2, 0.25) is 0 Å². The van der Waals surface area contributed by atoms with E-state index in [1.165, 1.54) is 29.4 Å². The topological polar surface area (TPSA) is 12.5 Å². The van der Waals surface area contributed by atoms with E-state index in [-0.39, 0.29) is 0 Å². The molecular weight excluding hydrogens is 290 g/mol. The number of methoxy groups -OCH3 is 1. The number of hydrogen-bond acceptors (Lipinski definition) is 2. The van der Waals surface area contributed by atoms with Gasteiger partial charge >= 0.3 is 0 Å². The van der Waals surface area contributed by atoms with Crippen LogP contribution >= 0.6 is 15.9 Å². The summed E-state index contributed by atoms with van der Waals surface area (Å²) in [5.41, 5.74) is 1.32. The van der Waals surface area contributed by atoms with Crippen LogP contribution in [0.2, 0.25) is 0 Å². The number of nitrogens with zero attached hydrogens (tertiary/aromatic N) is 1. The van der Waals surface area contributed by atoms with Crippen LogP contribution in [0, 0.1) is 5.92 Å². The second-order valence-corrected chi connectivity index (χ2v) is 6.26. The van der Waals surface area contributed by atoms with Crippen molar-refractivity contribution in [2.24, 2.45) is 5.92 Å². The molecule has 2 unspecified atom stereocenters. The fraction of sp³-hybridized carbons (Fsp3) is 0.600. The highest BCUT2D eigenvalue weighted by Crippen LogP contribution is 2.28. The Balaban J connectivity index is 2.08. The molecule has 1 saturated heterocycles. The van der Waals surface area contributed by atoms with Crippen molar-refractivity contribution in [1.29, 1.82) is 0 Å². The monoisotopic (exact) mass is 311 g/mol. The maximum atomic E-state index is 5.30. The van der Waals surface area contributed by atoms with Crippen LogP contribution in [0.5, 0.6) is 5.75 Å². The molecule has 0 aromatic heterocycles. The summed E-state index contributed by atoms with van der Waals surface area (Å²) in [7, 11) is 1.72. The maximum absolute atomic E-state index is 5.30. The molecule has 18 heavy (non-hydrogen) atoms. The summed E-state index contributed by atoms with van der Waals surface area (Å²) in [6.45, 7) is 6.90. The highest BCUT2D eigenvalue weighted by atomic mass is 79.9. The van der Waals surface area contributed by atoms with E-state index in [0.29, 0.717) is 6.04 Å². The third-order valence-corrected chi connectivity index (χ3v) is 4.68. The lowest BCUT2D eigenvalue weighted by atomic mass is 9.93. The second kappa shape index (κ2) is 6.07. The van der Waals surface area contributed by atoms with Gasteiger partial charge in [-0.3, -0.25) is 4.90 Å². The Morgan fingerprint density at radius 2 is 2.17 bits per heavy atom. The van der Waals surface area contributed by atoms with Crippen molar-refractivity contribution in [2.75, 3.05) is 13.7 Å². The predicted octanol–water partition coefficient (Wildman–Crippen LogP) is 4.08. The summed E-state index contributed by atoms with van der Waals surface area (Å²) in [5, 5.41) is 0. The van der Waals surface area contributed by atoms with E-state index in [0.717, 1.165) is 18.2 Å². The minimum atomic E-state index is 0.673. The third-order valence-electron chi connectivity index (χ3n) is 3.90. The molecule has 0 radical (unpaired) electrons. The van der Waals surface area contributed by atoms with Gasteiger partial charge in [0.05, 0.1) is 7.11 Å². The number of piperidine rings is 1. The summed E-state index contributed by atoms with van der Waals surface area (Å²) in [4.78, 5) is 2.57. The molecule has 2 rings (SSSR count). The molecule has 1 fully saturated rings. The molecule has 1 heterocycles. The van der Waals surface area contributed by atoms with Crippen molar-refractivity contribution in [3.8, 4) is 5.75 Å². The van der Waals surface area contributed by atoms with Gasteiger partial charge in [0.25, 0.3) is 0 Å². The van der Waals surface area contributed by atoms with Crippen LogP contribution in [0.1, 0.15) is 32.3 Å². The van der Waals surface area contributed by atoms with Gasteiger partial charge in [-0.05, 0) is 56.0 Å². The van der Waals surface area contributed by atoms with Crippen LogP contribution < -0.4 is 4.74 Å². The Labute approximate surface area is 118 Å². The van der Waals surface area contributed by atoms with E-state index in [4.69, 9.17) is 4.74 Å². The van der Waals surface area contributed by atoms with Gasteiger partial charge in [-0.15, -0.1) is 0 Å². The molecule has 2 nitrogen and oxygen atoms in total. The summed E-state index contributed by atoms with van der Waals surface area (Å²) in [6, 6.07) is 6.88. The summed E-state index contributed by atoms with van der Waals surface area (Å²) in [5.74, 6) is 1.80. The minimum absolute atomic E-state index is 0.673. The lowest BCUT2D eigenvalue weighted by Gasteiger charge is -2.36. The van der Waals surface area contributed by atoms with Crippen molar-refractivity contribution in [3.05, 3.63) is 28.2 Å². The lowest BCUT2D eigenvalue weighted by Crippen LogP contribution is -2.39. The zero-order valence-electron chi connectivity index (χ0n) is 11.4. The first-order valence-electron chi connectivity index (χ1n) is 6.66. The van der Waals surface area contributed by atoms with Crippen LogP contribution in [-0.4, -0.2) is 24.6 Å². The molecule has 0 N–H and O–H groups in total. The molecular formula is C15H22BrNO. The van der Waals surface area contributed by atoms with Crippen molar-refractivity contribution >= 4 is 15.9 Å². The lowest BCUT2D eigenvalue weighted by molar-refractivity contribution is 0.122. The second-order valence-electron chi connectivity index (χ2n) is 5.41. The molecule has 1 aromatic rings. The molecule has 0 saturated carbocycles. The van der Waals surface area contributed by atoms with E-state index in [9.17, 15) is 0 Å². The zero-order chi connectivity index (χ0) is 13.1. The van der Waals surface area contributed by atoms with Crippen molar-refractivity contribution in [1.82, 2.24) is 4.90 Å². The zero-order valence-corrected chi connectivity index (χ0v) is 13.0. The van der Waals surface area contributed by atoms with Gasteiger partial charge in [-0.25, -0.2) is 0 Å². The highest BCUT2D eigenvalue weighted by Gasteiger charge is 2.23. The largest absolute Gasteiger partial charge is 0.497 e. The Morgan fingerprint density at radius 1 is 1.39 bits per heavy atom. The average Bonchev–Trinajstić information content (AvgIpc) is 2.35.